The van der Waals surface area contributed by atoms with Crippen molar-refractivity contribution in [3.8, 4) is 0 Å². The molecule has 1 saturated heterocycles. The highest BCUT2D eigenvalue weighted by atomic mass is 15.3. The van der Waals surface area contributed by atoms with Gasteiger partial charge in [0.05, 0.1) is 0 Å². The van der Waals surface area contributed by atoms with Crippen molar-refractivity contribution in [3.05, 3.63) is 54.1 Å². The van der Waals surface area contributed by atoms with Crippen LogP contribution in [0.2, 0.25) is 0 Å². The number of nitrogen functional groups attached to an aromatic ring is 1. The zero-order chi connectivity index (χ0) is 13.9. The number of anilines is 3. The van der Waals surface area contributed by atoms with E-state index in [1.54, 1.807) is 0 Å². The van der Waals surface area contributed by atoms with Crippen LogP contribution in [0, 0.1) is 6.92 Å². The summed E-state index contributed by atoms with van der Waals surface area (Å²) >= 11 is 0. The van der Waals surface area contributed by atoms with E-state index >= 15 is 0 Å². The van der Waals surface area contributed by atoms with Crippen LogP contribution in [0.5, 0.6) is 0 Å². The molecule has 0 aliphatic carbocycles. The van der Waals surface area contributed by atoms with Gasteiger partial charge < -0.3 is 15.5 Å². The van der Waals surface area contributed by atoms with Gasteiger partial charge in [-0.2, -0.15) is 0 Å². The van der Waals surface area contributed by atoms with Gasteiger partial charge in [0.1, 0.15) is 0 Å². The van der Waals surface area contributed by atoms with Crippen molar-refractivity contribution in [2.45, 2.75) is 6.92 Å². The molecule has 3 heteroatoms. The zero-order valence-electron chi connectivity index (χ0n) is 11.9. The van der Waals surface area contributed by atoms with Gasteiger partial charge in [0, 0.05) is 43.2 Å². The van der Waals surface area contributed by atoms with Gasteiger partial charge in [0.2, 0.25) is 0 Å². The smallest absolute Gasteiger partial charge is 0.0398 e. The highest BCUT2D eigenvalue weighted by Gasteiger charge is 2.18. The molecule has 104 valence electrons. The predicted octanol–water partition coefficient (Wildman–Crippen LogP) is 2.90. The molecular formula is C17H21N3. The van der Waals surface area contributed by atoms with Crippen LogP contribution in [0.4, 0.5) is 17.1 Å². The Labute approximate surface area is 120 Å². The number of hydrogen-bond acceptors (Lipinski definition) is 3. The molecule has 3 rings (SSSR count). The highest BCUT2D eigenvalue weighted by Crippen LogP contribution is 2.24. The molecule has 0 bridgehead atoms. The van der Waals surface area contributed by atoms with Crippen molar-refractivity contribution in [1.29, 1.82) is 0 Å². The minimum atomic E-state index is 0.842. The Morgan fingerprint density at radius 2 is 1.50 bits per heavy atom. The van der Waals surface area contributed by atoms with E-state index in [1.807, 2.05) is 6.07 Å². The van der Waals surface area contributed by atoms with Gasteiger partial charge in [0.25, 0.3) is 0 Å². The second-order valence-corrected chi connectivity index (χ2v) is 5.36. The SMILES string of the molecule is Cc1cc(N)ccc1N1CCN(c2ccccc2)CC1. The molecule has 0 unspecified atom stereocenters. The van der Waals surface area contributed by atoms with E-state index in [0.717, 1.165) is 31.9 Å². The van der Waals surface area contributed by atoms with E-state index in [0.29, 0.717) is 0 Å². The number of hydrogen-bond donors (Lipinski definition) is 1. The minimum absolute atomic E-state index is 0.842. The van der Waals surface area contributed by atoms with Gasteiger partial charge in [-0.25, -0.2) is 0 Å². The summed E-state index contributed by atoms with van der Waals surface area (Å²) in [4.78, 5) is 4.90. The maximum Gasteiger partial charge on any atom is 0.0398 e. The summed E-state index contributed by atoms with van der Waals surface area (Å²) in [5, 5.41) is 0. The molecule has 3 nitrogen and oxygen atoms in total. The second kappa shape index (κ2) is 5.45. The maximum atomic E-state index is 5.83. The molecule has 0 atom stereocenters. The number of para-hydroxylation sites is 1. The third-order valence-corrected chi connectivity index (χ3v) is 3.96. The number of piperazine rings is 1. The number of nitrogens with zero attached hydrogens (tertiary/aromatic N) is 2. The van der Waals surface area contributed by atoms with Crippen molar-refractivity contribution in [2.75, 3.05) is 41.7 Å². The van der Waals surface area contributed by atoms with Gasteiger partial charge in [-0.3, -0.25) is 0 Å². The van der Waals surface area contributed by atoms with Gasteiger partial charge in [-0.15, -0.1) is 0 Å². The average molecular weight is 267 g/mol. The molecule has 0 saturated carbocycles. The standard InChI is InChI=1S/C17H21N3/c1-14-13-15(18)7-8-17(14)20-11-9-19(10-12-20)16-5-3-2-4-6-16/h2-8,13H,9-12,18H2,1H3. The van der Waals surface area contributed by atoms with E-state index in [9.17, 15) is 0 Å². The lowest BCUT2D eigenvalue weighted by molar-refractivity contribution is 0.652. The van der Waals surface area contributed by atoms with Crippen LogP contribution in [-0.4, -0.2) is 26.2 Å². The van der Waals surface area contributed by atoms with Crippen LogP contribution >= 0.6 is 0 Å². The van der Waals surface area contributed by atoms with Crippen LogP contribution in [0.25, 0.3) is 0 Å². The lowest BCUT2D eigenvalue weighted by Crippen LogP contribution is -2.46. The van der Waals surface area contributed by atoms with Crippen molar-refractivity contribution < 1.29 is 0 Å². The van der Waals surface area contributed by atoms with Crippen LogP contribution < -0.4 is 15.5 Å². The third-order valence-electron chi connectivity index (χ3n) is 3.96. The molecule has 2 aromatic carbocycles. The molecular weight excluding hydrogens is 246 g/mol. The summed E-state index contributed by atoms with van der Waals surface area (Å²) in [5.41, 5.74) is 10.6. The van der Waals surface area contributed by atoms with E-state index in [1.165, 1.54) is 16.9 Å². The third kappa shape index (κ3) is 2.57. The molecule has 1 aliphatic rings. The molecule has 0 aromatic heterocycles. The summed E-state index contributed by atoms with van der Waals surface area (Å²) in [5.74, 6) is 0. The fourth-order valence-corrected chi connectivity index (χ4v) is 2.88. The molecule has 1 fully saturated rings. The lowest BCUT2D eigenvalue weighted by atomic mass is 10.1. The van der Waals surface area contributed by atoms with E-state index < -0.39 is 0 Å². The van der Waals surface area contributed by atoms with Gasteiger partial charge in [0.15, 0.2) is 0 Å². The Bertz CT molecular complexity index is 572. The number of rotatable bonds is 2. The number of nitrogens with two attached hydrogens (primary N) is 1. The minimum Gasteiger partial charge on any atom is -0.399 e. The van der Waals surface area contributed by atoms with Crippen molar-refractivity contribution in [1.82, 2.24) is 0 Å². The van der Waals surface area contributed by atoms with Crippen molar-refractivity contribution >= 4 is 17.1 Å². The van der Waals surface area contributed by atoms with Gasteiger partial charge >= 0.3 is 0 Å². The summed E-state index contributed by atoms with van der Waals surface area (Å²) in [7, 11) is 0. The molecule has 1 heterocycles. The first-order valence-corrected chi connectivity index (χ1v) is 7.15. The average Bonchev–Trinajstić information content (AvgIpc) is 2.48. The van der Waals surface area contributed by atoms with Crippen molar-refractivity contribution in [3.63, 3.8) is 0 Å². The monoisotopic (exact) mass is 267 g/mol. The maximum absolute atomic E-state index is 5.83. The number of aryl methyl sites for hydroxylation is 1. The molecule has 0 spiro atoms. The largest absolute Gasteiger partial charge is 0.399 e. The quantitative estimate of drug-likeness (QED) is 0.849. The molecule has 0 amide bonds. The number of benzene rings is 2. The zero-order valence-corrected chi connectivity index (χ0v) is 11.9. The van der Waals surface area contributed by atoms with Gasteiger partial charge in [-0.1, -0.05) is 18.2 Å². The lowest BCUT2D eigenvalue weighted by Gasteiger charge is -2.38. The Hall–Kier alpha value is -2.16. The van der Waals surface area contributed by atoms with Crippen molar-refractivity contribution in [2.24, 2.45) is 0 Å². The normalized spacial score (nSPS) is 15.4. The second-order valence-electron chi connectivity index (χ2n) is 5.36. The molecule has 2 aromatic rings. The summed E-state index contributed by atoms with van der Waals surface area (Å²) in [6, 6.07) is 16.8. The molecule has 0 radical (unpaired) electrons. The van der Waals surface area contributed by atoms with Crippen LogP contribution in [-0.2, 0) is 0 Å². The predicted molar refractivity (Wildman–Crippen MR) is 86.5 cm³/mol. The van der Waals surface area contributed by atoms with Crippen LogP contribution in [0.3, 0.4) is 0 Å². The summed E-state index contributed by atoms with van der Waals surface area (Å²) < 4.78 is 0. The Kier molecular flexibility index (Phi) is 3.50. The fraction of sp³-hybridized carbons (Fsp3) is 0.294. The molecule has 1 aliphatic heterocycles. The van der Waals surface area contributed by atoms with E-state index in [2.05, 4.69) is 59.2 Å². The summed E-state index contributed by atoms with van der Waals surface area (Å²) in [6.45, 7) is 6.37. The molecule has 2 N–H and O–H groups in total. The molecule has 20 heavy (non-hydrogen) atoms. The van der Waals surface area contributed by atoms with Gasteiger partial charge in [-0.05, 0) is 42.8 Å². The first-order valence-electron chi connectivity index (χ1n) is 7.15. The first kappa shape index (κ1) is 12.9. The first-order chi connectivity index (χ1) is 9.74. The fourth-order valence-electron chi connectivity index (χ4n) is 2.88. The van der Waals surface area contributed by atoms with E-state index in [-0.39, 0.29) is 0 Å². The Morgan fingerprint density at radius 1 is 0.850 bits per heavy atom. The Morgan fingerprint density at radius 3 is 2.15 bits per heavy atom. The van der Waals surface area contributed by atoms with Crippen LogP contribution in [0.1, 0.15) is 5.56 Å². The summed E-state index contributed by atoms with van der Waals surface area (Å²) in [6.07, 6.45) is 0. The Balaban J connectivity index is 1.69. The van der Waals surface area contributed by atoms with Crippen LogP contribution in [0.15, 0.2) is 48.5 Å². The topological polar surface area (TPSA) is 32.5 Å². The van der Waals surface area contributed by atoms with E-state index in [4.69, 9.17) is 5.73 Å². The highest BCUT2D eigenvalue weighted by molar-refractivity contribution is 5.60.